The molecule has 1 fully saturated rings. The van der Waals surface area contributed by atoms with Crippen molar-refractivity contribution in [3.63, 3.8) is 0 Å². The Morgan fingerprint density at radius 2 is 2.25 bits per heavy atom. The van der Waals surface area contributed by atoms with Gasteiger partial charge in [0.05, 0.1) is 23.4 Å². The smallest absolute Gasteiger partial charge is 0.271 e. The second-order valence-electron chi connectivity index (χ2n) is 5.39. The first-order valence-corrected chi connectivity index (χ1v) is 7.31. The minimum atomic E-state index is -0.276. The first kappa shape index (κ1) is 15.2. The van der Waals surface area contributed by atoms with Crippen LogP contribution in [0.15, 0.2) is 6.20 Å². The number of aromatic nitrogens is 2. The molecule has 1 amide bonds. The van der Waals surface area contributed by atoms with Crippen LogP contribution < -0.4 is 5.32 Å². The third kappa shape index (κ3) is 3.46. The molecule has 2 rings (SSSR count). The van der Waals surface area contributed by atoms with E-state index in [2.05, 4.69) is 15.3 Å². The fraction of sp³-hybridized carbons (Fsp3) is 0.643. The van der Waals surface area contributed by atoms with Crippen molar-refractivity contribution in [1.29, 1.82) is 0 Å². The van der Waals surface area contributed by atoms with Crippen LogP contribution >= 0.6 is 11.6 Å². The van der Waals surface area contributed by atoms with Crippen LogP contribution in [0.4, 0.5) is 0 Å². The average Bonchev–Trinajstić information content (AvgIpc) is 2.92. The number of carbonyl (C=O) groups excluding carboxylic acids is 1. The fourth-order valence-electron chi connectivity index (χ4n) is 2.18. The van der Waals surface area contributed by atoms with Gasteiger partial charge in [-0.2, -0.15) is 0 Å². The second kappa shape index (κ2) is 6.50. The maximum atomic E-state index is 12.3. The van der Waals surface area contributed by atoms with Crippen molar-refractivity contribution in [3.8, 4) is 0 Å². The monoisotopic (exact) mass is 297 g/mol. The van der Waals surface area contributed by atoms with Crippen molar-refractivity contribution in [2.24, 2.45) is 0 Å². The minimum Gasteiger partial charge on any atom is -0.376 e. The summed E-state index contributed by atoms with van der Waals surface area (Å²) in [6, 6.07) is -0.0569. The Morgan fingerprint density at radius 1 is 1.50 bits per heavy atom. The van der Waals surface area contributed by atoms with Crippen LogP contribution in [0.5, 0.6) is 0 Å². The maximum Gasteiger partial charge on any atom is 0.271 e. The third-order valence-corrected chi connectivity index (χ3v) is 3.65. The predicted molar refractivity (Wildman–Crippen MR) is 77.0 cm³/mol. The zero-order valence-corrected chi connectivity index (χ0v) is 12.8. The molecular formula is C14H20ClN3O2. The van der Waals surface area contributed by atoms with Gasteiger partial charge in [-0.1, -0.05) is 25.4 Å². The first-order chi connectivity index (χ1) is 9.49. The molecule has 6 heteroatoms. The summed E-state index contributed by atoms with van der Waals surface area (Å²) in [6.07, 6.45) is 3.56. The van der Waals surface area contributed by atoms with Gasteiger partial charge in [0.2, 0.25) is 0 Å². The molecule has 0 aliphatic carbocycles. The molecule has 1 aromatic rings. The predicted octanol–water partition coefficient (Wildman–Crippen LogP) is 2.55. The summed E-state index contributed by atoms with van der Waals surface area (Å²) in [5, 5.41) is 3.18. The summed E-state index contributed by atoms with van der Waals surface area (Å²) in [4.78, 5) is 20.7. The van der Waals surface area contributed by atoms with Crippen LogP contribution in [-0.2, 0) is 4.74 Å². The largest absolute Gasteiger partial charge is 0.376 e. The fourth-order valence-corrected chi connectivity index (χ4v) is 2.36. The van der Waals surface area contributed by atoms with Gasteiger partial charge in [-0.25, -0.2) is 9.97 Å². The normalized spacial score (nSPS) is 20.1. The van der Waals surface area contributed by atoms with Crippen LogP contribution in [-0.4, -0.2) is 34.6 Å². The van der Waals surface area contributed by atoms with E-state index >= 15 is 0 Å². The number of ether oxygens (including phenoxy) is 1. The van der Waals surface area contributed by atoms with E-state index < -0.39 is 0 Å². The van der Waals surface area contributed by atoms with Crippen LogP contribution in [0.1, 0.15) is 55.8 Å². The van der Waals surface area contributed by atoms with Crippen molar-refractivity contribution < 1.29 is 9.53 Å². The highest BCUT2D eigenvalue weighted by Crippen LogP contribution is 2.18. The summed E-state index contributed by atoms with van der Waals surface area (Å²) in [5.74, 6) is 0.487. The lowest BCUT2D eigenvalue weighted by molar-refractivity contribution is 0.0709. The van der Waals surface area contributed by atoms with E-state index in [0.717, 1.165) is 19.4 Å². The highest BCUT2D eigenvalue weighted by molar-refractivity contribution is 6.33. The number of nitrogens with one attached hydrogen (secondary N) is 1. The Kier molecular flexibility index (Phi) is 4.94. The van der Waals surface area contributed by atoms with Crippen LogP contribution in [0, 0.1) is 0 Å². The van der Waals surface area contributed by atoms with Crippen molar-refractivity contribution in [1.82, 2.24) is 15.3 Å². The van der Waals surface area contributed by atoms with E-state index in [1.165, 1.54) is 6.20 Å². The van der Waals surface area contributed by atoms with Crippen LogP contribution in [0.2, 0.25) is 5.02 Å². The Labute approximate surface area is 124 Å². The molecule has 5 nitrogen and oxygen atoms in total. The van der Waals surface area contributed by atoms with Crippen molar-refractivity contribution in [2.45, 2.75) is 51.7 Å². The zero-order valence-electron chi connectivity index (χ0n) is 12.0. The second-order valence-corrected chi connectivity index (χ2v) is 5.80. The SMILES string of the molecule is CC(C)c1ncc(Cl)c(C(=O)NC(C)C2CCCO2)n1. The van der Waals surface area contributed by atoms with Gasteiger partial charge in [0.1, 0.15) is 11.5 Å². The summed E-state index contributed by atoms with van der Waals surface area (Å²) in [5.41, 5.74) is 0.232. The lowest BCUT2D eigenvalue weighted by atomic mass is 10.1. The number of hydrogen-bond acceptors (Lipinski definition) is 4. The molecule has 2 heterocycles. The van der Waals surface area contributed by atoms with E-state index in [-0.39, 0.29) is 34.7 Å². The highest BCUT2D eigenvalue weighted by atomic mass is 35.5. The number of carbonyl (C=O) groups is 1. The average molecular weight is 298 g/mol. The van der Waals surface area contributed by atoms with E-state index in [9.17, 15) is 4.79 Å². The van der Waals surface area contributed by atoms with Gasteiger partial charge in [-0.05, 0) is 19.8 Å². The summed E-state index contributed by atoms with van der Waals surface area (Å²) in [7, 11) is 0. The molecule has 0 saturated carbocycles. The number of rotatable bonds is 4. The molecule has 1 aromatic heterocycles. The van der Waals surface area contributed by atoms with Gasteiger partial charge in [0.25, 0.3) is 5.91 Å². The molecule has 0 radical (unpaired) electrons. The quantitative estimate of drug-likeness (QED) is 0.927. The molecule has 110 valence electrons. The molecule has 20 heavy (non-hydrogen) atoms. The summed E-state index contributed by atoms with van der Waals surface area (Å²) in [6.45, 7) is 6.64. The van der Waals surface area contributed by atoms with Crippen LogP contribution in [0.3, 0.4) is 0 Å². The standard InChI is InChI=1S/C14H20ClN3O2/c1-8(2)13-16-7-10(15)12(18-13)14(19)17-9(3)11-5-4-6-20-11/h7-9,11H,4-6H2,1-3H3,(H,17,19). The van der Waals surface area contributed by atoms with Crippen LogP contribution in [0.25, 0.3) is 0 Å². The van der Waals surface area contributed by atoms with E-state index in [1.54, 1.807) is 0 Å². The van der Waals surface area contributed by atoms with Gasteiger partial charge < -0.3 is 10.1 Å². The lowest BCUT2D eigenvalue weighted by Gasteiger charge is -2.20. The van der Waals surface area contributed by atoms with Gasteiger partial charge in [-0.3, -0.25) is 4.79 Å². The summed E-state index contributed by atoms with van der Waals surface area (Å²) >= 11 is 6.02. The Morgan fingerprint density at radius 3 is 2.85 bits per heavy atom. The van der Waals surface area contributed by atoms with E-state index in [4.69, 9.17) is 16.3 Å². The lowest BCUT2D eigenvalue weighted by Crippen LogP contribution is -2.41. The molecule has 1 N–H and O–H groups in total. The molecule has 1 aliphatic rings. The Hall–Kier alpha value is -1.20. The van der Waals surface area contributed by atoms with Gasteiger partial charge in [0.15, 0.2) is 0 Å². The number of hydrogen-bond donors (Lipinski definition) is 1. The molecule has 2 atom stereocenters. The molecule has 0 spiro atoms. The minimum absolute atomic E-state index is 0.0569. The van der Waals surface area contributed by atoms with E-state index in [1.807, 2.05) is 20.8 Å². The molecule has 1 saturated heterocycles. The summed E-state index contributed by atoms with van der Waals surface area (Å²) < 4.78 is 5.56. The molecule has 0 aromatic carbocycles. The molecule has 1 aliphatic heterocycles. The third-order valence-electron chi connectivity index (χ3n) is 3.38. The zero-order chi connectivity index (χ0) is 14.7. The molecule has 2 unspecified atom stereocenters. The Balaban J connectivity index is 2.09. The Bertz CT molecular complexity index is 487. The van der Waals surface area contributed by atoms with Gasteiger partial charge in [-0.15, -0.1) is 0 Å². The van der Waals surface area contributed by atoms with E-state index in [0.29, 0.717) is 5.82 Å². The highest BCUT2D eigenvalue weighted by Gasteiger charge is 2.25. The maximum absolute atomic E-state index is 12.3. The number of amides is 1. The number of halogens is 1. The number of nitrogens with zero attached hydrogens (tertiary/aromatic N) is 2. The van der Waals surface area contributed by atoms with Crippen molar-refractivity contribution in [2.75, 3.05) is 6.61 Å². The van der Waals surface area contributed by atoms with Crippen molar-refractivity contribution >= 4 is 17.5 Å². The molecular weight excluding hydrogens is 278 g/mol. The topological polar surface area (TPSA) is 64.1 Å². The van der Waals surface area contributed by atoms with Crippen molar-refractivity contribution in [3.05, 3.63) is 22.7 Å². The first-order valence-electron chi connectivity index (χ1n) is 6.94. The van der Waals surface area contributed by atoms with Gasteiger partial charge >= 0.3 is 0 Å². The molecule has 0 bridgehead atoms. The van der Waals surface area contributed by atoms with Gasteiger partial charge in [0, 0.05) is 12.5 Å².